The lowest BCUT2D eigenvalue weighted by Gasteiger charge is -1.99. The second-order valence-corrected chi connectivity index (χ2v) is 4.28. The Labute approximate surface area is 103 Å². The number of hydrazone groups is 1. The number of nitrogens with zero attached hydrogens (tertiary/aromatic N) is 1. The molecule has 0 aromatic carbocycles. The SMILES string of the molecule is CCCC/C(C)=N/NC(=O)c1ccc(Br)o1. The number of carbonyl (C=O) groups excluding carboxylic acids is 1. The molecule has 0 radical (unpaired) electrons. The largest absolute Gasteiger partial charge is 0.444 e. The monoisotopic (exact) mass is 286 g/mol. The minimum absolute atomic E-state index is 0.249. The van der Waals surface area contributed by atoms with Crippen LogP contribution in [0.3, 0.4) is 0 Å². The topological polar surface area (TPSA) is 54.6 Å². The third-order valence-corrected chi connectivity index (χ3v) is 2.46. The van der Waals surface area contributed by atoms with Gasteiger partial charge in [-0.15, -0.1) is 0 Å². The number of carbonyl (C=O) groups is 1. The quantitative estimate of drug-likeness (QED) is 0.667. The fourth-order valence-corrected chi connectivity index (χ4v) is 1.43. The highest BCUT2D eigenvalue weighted by Crippen LogP contribution is 2.13. The Balaban J connectivity index is 2.46. The van der Waals surface area contributed by atoms with E-state index in [1.165, 1.54) is 0 Å². The number of nitrogens with one attached hydrogen (secondary N) is 1. The first kappa shape index (κ1) is 13.0. The molecular formula is C11H15BrN2O2. The molecule has 0 atom stereocenters. The molecule has 1 rings (SSSR count). The molecule has 1 aromatic heterocycles. The van der Waals surface area contributed by atoms with Gasteiger partial charge in [-0.3, -0.25) is 4.79 Å². The molecule has 0 aliphatic carbocycles. The van der Waals surface area contributed by atoms with Crippen molar-refractivity contribution in [3.63, 3.8) is 0 Å². The van der Waals surface area contributed by atoms with Crippen LogP contribution < -0.4 is 5.43 Å². The fourth-order valence-electron chi connectivity index (χ4n) is 1.13. The average Bonchev–Trinajstić information content (AvgIpc) is 2.69. The van der Waals surface area contributed by atoms with Crippen LogP contribution in [-0.2, 0) is 0 Å². The van der Waals surface area contributed by atoms with E-state index in [0.717, 1.165) is 25.0 Å². The Hall–Kier alpha value is -1.10. The van der Waals surface area contributed by atoms with Crippen molar-refractivity contribution in [2.24, 2.45) is 5.10 Å². The lowest BCUT2D eigenvalue weighted by Crippen LogP contribution is -2.18. The molecule has 1 N–H and O–H groups in total. The van der Waals surface area contributed by atoms with Gasteiger partial charge in [0.15, 0.2) is 10.4 Å². The van der Waals surface area contributed by atoms with Gasteiger partial charge in [0, 0.05) is 5.71 Å². The zero-order valence-electron chi connectivity index (χ0n) is 9.42. The maximum atomic E-state index is 11.5. The molecule has 0 saturated carbocycles. The van der Waals surface area contributed by atoms with Gasteiger partial charge in [-0.2, -0.15) is 5.10 Å². The van der Waals surface area contributed by atoms with E-state index in [1.807, 2.05) is 6.92 Å². The maximum absolute atomic E-state index is 11.5. The number of hydrogen-bond donors (Lipinski definition) is 1. The second kappa shape index (κ2) is 6.48. The number of hydrogen-bond acceptors (Lipinski definition) is 3. The predicted octanol–water partition coefficient (Wildman–Crippen LogP) is 3.34. The smallest absolute Gasteiger partial charge is 0.307 e. The lowest BCUT2D eigenvalue weighted by atomic mass is 10.2. The molecule has 16 heavy (non-hydrogen) atoms. The van der Waals surface area contributed by atoms with Crippen molar-refractivity contribution < 1.29 is 9.21 Å². The highest BCUT2D eigenvalue weighted by atomic mass is 79.9. The van der Waals surface area contributed by atoms with Crippen LogP contribution in [-0.4, -0.2) is 11.6 Å². The van der Waals surface area contributed by atoms with E-state index in [4.69, 9.17) is 4.42 Å². The molecule has 88 valence electrons. The van der Waals surface area contributed by atoms with Crippen LogP contribution in [0.15, 0.2) is 26.3 Å². The molecule has 0 bridgehead atoms. The molecule has 0 unspecified atom stereocenters. The van der Waals surface area contributed by atoms with Crippen LogP contribution in [0.1, 0.15) is 43.7 Å². The van der Waals surface area contributed by atoms with E-state index in [1.54, 1.807) is 12.1 Å². The summed E-state index contributed by atoms with van der Waals surface area (Å²) in [5.41, 5.74) is 3.37. The Kier molecular flexibility index (Phi) is 5.25. The van der Waals surface area contributed by atoms with Crippen LogP contribution in [0.25, 0.3) is 0 Å². The molecule has 0 spiro atoms. The summed E-state index contributed by atoms with van der Waals surface area (Å²) in [5.74, 6) is -0.0829. The molecule has 0 fully saturated rings. The van der Waals surface area contributed by atoms with E-state index in [9.17, 15) is 4.79 Å². The zero-order valence-corrected chi connectivity index (χ0v) is 11.0. The number of furan rings is 1. The van der Waals surface area contributed by atoms with E-state index < -0.39 is 0 Å². The average molecular weight is 287 g/mol. The Morgan fingerprint density at radius 1 is 1.56 bits per heavy atom. The van der Waals surface area contributed by atoms with Crippen molar-refractivity contribution in [3.8, 4) is 0 Å². The summed E-state index contributed by atoms with van der Waals surface area (Å²) in [5, 5.41) is 3.99. The highest BCUT2D eigenvalue weighted by molar-refractivity contribution is 9.10. The van der Waals surface area contributed by atoms with Crippen LogP contribution in [0.5, 0.6) is 0 Å². The Morgan fingerprint density at radius 3 is 2.88 bits per heavy atom. The van der Waals surface area contributed by atoms with Crippen molar-refractivity contribution in [3.05, 3.63) is 22.6 Å². The number of unbranched alkanes of at least 4 members (excludes halogenated alkanes) is 1. The third kappa shape index (κ3) is 4.18. The first-order valence-corrected chi connectivity index (χ1v) is 6.01. The molecule has 0 aliphatic heterocycles. The van der Waals surface area contributed by atoms with Crippen molar-refractivity contribution in [2.45, 2.75) is 33.1 Å². The van der Waals surface area contributed by atoms with E-state index >= 15 is 0 Å². The molecular weight excluding hydrogens is 272 g/mol. The highest BCUT2D eigenvalue weighted by Gasteiger charge is 2.08. The van der Waals surface area contributed by atoms with Gasteiger partial charge < -0.3 is 4.42 Å². The predicted molar refractivity (Wildman–Crippen MR) is 66.5 cm³/mol. The summed E-state index contributed by atoms with van der Waals surface area (Å²) in [6.07, 6.45) is 3.10. The van der Waals surface area contributed by atoms with Gasteiger partial charge in [0.25, 0.3) is 0 Å². The molecule has 0 aliphatic rings. The summed E-state index contributed by atoms with van der Waals surface area (Å²) in [4.78, 5) is 11.5. The van der Waals surface area contributed by atoms with Gasteiger partial charge in [0.05, 0.1) is 0 Å². The Morgan fingerprint density at radius 2 is 2.31 bits per heavy atom. The van der Waals surface area contributed by atoms with E-state index in [0.29, 0.717) is 4.67 Å². The van der Waals surface area contributed by atoms with Crippen LogP contribution in [0, 0.1) is 0 Å². The normalized spacial score (nSPS) is 11.6. The van der Waals surface area contributed by atoms with Crippen LogP contribution in [0.4, 0.5) is 0 Å². The lowest BCUT2D eigenvalue weighted by molar-refractivity contribution is 0.0926. The summed E-state index contributed by atoms with van der Waals surface area (Å²) in [6, 6.07) is 3.26. The van der Waals surface area contributed by atoms with Gasteiger partial charge in [-0.25, -0.2) is 5.43 Å². The summed E-state index contributed by atoms with van der Waals surface area (Å²) < 4.78 is 5.63. The van der Waals surface area contributed by atoms with Crippen molar-refractivity contribution in [1.82, 2.24) is 5.43 Å². The second-order valence-electron chi connectivity index (χ2n) is 3.50. The van der Waals surface area contributed by atoms with Gasteiger partial charge in [-0.05, 0) is 47.8 Å². The van der Waals surface area contributed by atoms with Gasteiger partial charge in [-0.1, -0.05) is 13.3 Å². The van der Waals surface area contributed by atoms with Crippen molar-refractivity contribution in [1.29, 1.82) is 0 Å². The minimum atomic E-state index is -0.332. The standard InChI is InChI=1S/C11H15BrN2O2/c1-3-4-5-8(2)13-14-11(15)9-6-7-10(12)16-9/h6-7H,3-5H2,1-2H3,(H,14,15)/b13-8+. The maximum Gasteiger partial charge on any atom is 0.307 e. The summed E-state index contributed by atoms with van der Waals surface area (Å²) in [6.45, 7) is 4.01. The van der Waals surface area contributed by atoms with Crippen molar-refractivity contribution in [2.75, 3.05) is 0 Å². The van der Waals surface area contributed by atoms with Crippen LogP contribution >= 0.6 is 15.9 Å². The fraction of sp³-hybridized carbons (Fsp3) is 0.455. The molecule has 5 heteroatoms. The summed E-state index contributed by atoms with van der Waals surface area (Å²) in [7, 11) is 0. The molecule has 0 saturated heterocycles. The number of halogens is 1. The summed E-state index contributed by atoms with van der Waals surface area (Å²) >= 11 is 3.13. The minimum Gasteiger partial charge on any atom is -0.444 e. The van der Waals surface area contributed by atoms with Crippen molar-refractivity contribution >= 4 is 27.5 Å². The van der Waals surface area contributed by atoms with E-state index in [-0.39, 0.29) is 11.7 Å². The first-order valence-electron chi connectivity index (χ1n) is 5.22. The van der Waals surface area contributed by atoms with Gasteiger partial charge >= 0.3 is 5.91 Å². The number of amides is 1. The molecule has 4 nitrogen and oxygen atoms in total. The van der Waals surface area contributed by atoms with E-state index in [2.05, 4.69) is 33.4 Å². The third-order valence-electron chi connectivity index (χ3n) is 2.04. The number of rotatable bonds is 5. The van der Waals surface area contributed by atoms with Gasteiger partial charge in [0.2, 0.25) is 0 Å². The zero-order chi connectivity index (χ0) is 12.0. The molecule has 1 amide bonds. The molecule has 1 aromatic rings. The first-order chi connectivity index (χ1) is 7.63. The van der Waals surface area contributed by atoms with Crippen LogP contribution in [0.2, 0.25) is 0 Å². The Bertz CT molecular complexity index is 385. The van der Waals surface area contributed by atoms with Gasteiger partial charge in [0.1, 0.15) is 0 Å². The molecule has 1 heterocycles.